The highest BCUT2D eigenvalue weighted by Gasteiger charge is 2.11. The molecule has 0 heterocycles. The van der Waals surface area contributed by atoms with Crippen molar-refractivity contribution >= 4 is 18.0 Å². The number of hydrogen-bond acceptors (Lipinski definition) is 5. The topological polar surface area (TPSA) is 102 Å². The number of nitriles is 1. The van der Waals surface area contributed by atoms with Crippen molar-refractivity contribution in [3.05, 3.63) is 29.3 Å². The van der Waals surface area contributed by atoms with Crippen molar-refractivity contribution in [2.45, 2.75) is 19.8 Å². The Morgan fingerprint density at radius 1 is 1.38 bits per heavy atom. The highest BCUT2D eigenvalue weighted by atomic mass is 16.6. The Bertz CT molecular complexity index is 615. The minimum atomic E-state index is -0.810. The molecule has 0 atom stereocenters. The average Bonchev–Trinajstić information content (AvgIpc) is 2.45. The van der Waals surface area contributed by atoms with Crippen LogP contribution in [0.5, 0.6) is 11.5 Å². The zero-order valence-electron chi connectivity index (χ0n) is 11.9. The highest BCUT2D eigenvalue weighted by molar-refractivity contribution is 6.00. The van der Waals surface area contributed by atoms with Crippen LogP contribution in [-0.2, 0) is 9.59 Å². The maximum Gasteiger partial charge on any atom is 0.311 e. The van der Waals surface area contributed by atoms with Gasteiger partial charge in [-0.1, -0.05) is 13.0 Å². The number of nitrogens with two attached hydrogens (primary N) is 1. The Labute approximate surface area is 122 Å². The summed E-state index contributed by atoms with van der Waals surface area (Å²) < 4.78 is 10.3. The number of benzene rings is 1. The first-order valence-electron chi connectivity index (χ1n) is 6.32. The number of rotatable bonds is 6. The third-order valence-electron chi connectivity index (χ3n) is 2.56. The van der Waals surface area contributed by atoms with Crippen LogP contribution in [0.15, 0.2) is 23.8 Å². The summed E-state index contributed by atoms with van der Waals surface area (Å²) in [7, 11) is 1.43. The number of primary amides is 1. The summed E-state index contributed by atoms with van der Waals surface area (Å²) in [5, 5.41) is 8.80. The van der Waals surface area contributed by atoms with E-state index in [-0.39, 0.29) is 17.3 Å². The number of carbonyl (C=O) groups is 2. The molecule has 0 fully saturated rings. The third kappa shape index (κ3) is 4.66. The summed E-state index contributed by atoms with van der Waals surface area (Å²) >= 11 is 0. The van der Waals surface area contributed by atoms with Crippen LogP contribution in [0.2, 0.25) is 0 Å². The SMILES string of the molecule is CCCC(=O)Oc1ccc(/C=C(\C#N)C(N)=O)cc1OC. The minimum absolute atomic E-state index is 0.173. The van der Waals surface area contributed by atoms with Crippen molar-refractivity contribution in [1.82, 2.24) is 0 Å². The predicted molar refractivity (Wildman–Crippen MR) is 76.3 cm³/mol. The molecule has 1 amide bonds. The first-order chi connectivity index (χ1) is 10.0. The average molecular weight is 288 g/mol. The van der Waals surface area contributed by atoms with Gasteiger partial charge in [-0.2, -0.15) is 5.26 Å². The number of methoxy groups -OCH3 is 1. The summed E-state index contributed by atoms with van der Waals surface area (Å²) in [6.45, 7) is 1.87. The Kier molecular flexibility index (Phi) is 5.96. The standard InChI is InChI=1S/C15H16N2O4/c1-3-4-14(18)21-12-6-5-10(8-13(12)20-2)7-11(9-16)15(17)19/h5-8H,3-4H2,1-2H3,(H2,17,19)/b11-7+. The first-order valence-corrected chi connectivity index (χ1v) is 6.32. The largest absolute Gasteiger partial charge is 0.493 e. The quantitative estimate of drug-likeness (QED) is 0.372. The van der Waals surface area contributed by atoms with E-state index in [0.717, 1.165) is 0 Å². The van der Waals surface area contributed by atoms with E-state index in [2.05, 4.69) is 0 Å². The van der Waals surface area contributed by atoms with Gasteiger partial charge in [0.1, 0.15) is 11.6 Å². The second-order valence-electron chi connectivity index (χ2n) is 4.17. The minimum Gasteiger partial charge on any atom is -0.493 e. The van der Waals surface area contributed by atoms with Crippen molar-refractivity contribution in [3.63, 3.8) is 0 Å². The van der Waals surface area contributed by atoms with Gasteiger partial charge < -0.3 is 15.2 Å². The van der Waals surface area contributed by atoms with Gasteiger partial charge in [-0.05, 0) is 30.2 Å². The normalized spacial score (nSPS) is 10.6. The van der Waals surface area contributed by atoms with E-state index in [4.69, 9.17) is 20.5 Å². The molecule has 2 N–H and O–H groups in total. The molecule has 0 radical (unpaired) electrons. The molecule has 0 aromatic heterocycles. The second-order valence-corrected chi connectivity index (χ2v) is 4.17. The molecular formula is C15H16N2O4. The van der Waals surface area contributed by atoms with Crippen LogP contribution < -0.4 is 15.2 Å². The van der Waals surface area contributed by atoms with Crippen LogP contribution in [-0.4, -0.2) is 19.0 Å². The van der Waals surface area contributed by atoms with Crippen LogP contribution in [0.3, 0.4) is 0 Å². The summed E-state index contributed by atoms with van der Waals surface area (Å²) in [6.07, 6.45) is 2.33. The lowest BCUT2D eigenvalue weighted by molar-refractivity contribution is -0.134. The number of nitrogens with zero attached hydrogens (tertiary/aromatic N) is 1. The summed E-state index contributed by atoms with van der Waals surface area (Å²) in [4.78, 5) is 22.5. The van der Waals surface area contributed by atoms with Crippen LogP contribution in [0, 0.1) is 11.3 Å². The zero-order valence-corrected chi connectivity index (χ0v) is 11.9. The second kappa shape index (κ2) is 7.70. The van der Waals surface area contributed by atoms with Crippen LogP contribution in [0.1, 0.15) is 25.3 Å². The number of carbonyl (C=O) groups excluding carboxylic acids is 2. The Balaban J connectivity index is 3.07. The molecule has 1 rings (SSSR count). The molecule has 21 heavy (non-hydrogen) atoms. The molecule has 1 aromatic rings. The monoisotopic (exact) mass is 288 g/mol. The molecule has 6 nitrogen and oxygen atoms in total. The molecule has 110 valence electrons. The van der Waals surface area contributed by atoms with E-state index in [1.54, 1.807) is 18.2 Å². The van der Waals surface area contributed by atoms with Gasteiger partial charge in [-0.15, -0.1) is 0 Å². The molecule has 0 saturated carbocycles. The lowest BCUT2D eigenvalue weighted by Crippen LogP contribution is -2.12. The lowest BCUT2D eigenvalue weighted by Gasteiger charge is -2.09. The predicted octanol–water partition coefficient (Wildman–Crippen LogP) is 1.79. The smallest absolute Gasteiger partial charge is 0.311 e. The molecule has 0 bridgehead atoms. The van der Waals surface area contributed by atoms with Crippen molar-refractivity contribution in [1.29, 1.82) is 5.26 Å². The van der Waals surface area contributed by atoms with E-state index in [1.807, 2.05) is 6.92 Å². The highest BCUT2D eigenvalue weighted by Crippen LogP contribution is 2.29. The third-order valence-corrected chi connectivity index (χ3v) is 2.56. The van der Waals surface area contributed by atoms with Gasteiger partial charge in [-0.3, -0.25) is 9.59 Å². The Hall–Kier alpha value is -2.81. The van der Waals surface area contributed by atoms with E-state index in [0.29, 0.717) is 24.2 Å². The number of hydrogen-bond donors (Lipinski definition) is 1. The molecule has 0 aliphatic rings. The first kappa shape index (κ1) is 16.2. The molecule has 0 unspecified atom stereocenters. The van der Waals surface area contributed by atoms with Gasteiger partial charge >= 0.3 is 5.97 Å². The molecule has 0 spiro atoms. The fourth-order valence-electron chi connectivity index (χ4n) is 1.56. The molecule has 1 aromatic carbocycles. The van der Waals surface area contributed by atoms with Gasteiger partial charge in [0.05, 0.1) is 7.11 Å². The van der Waals surface area contributed by atoms with Crippen molar-refractivity contribution < 1.29 is 19.1 Å². The lowest BCUT2D eigenvalue weighted by atomic mass is 10.1. The molecule has 6 heteroatoms. The summed E-state index contributed by atoms with van der Waals surface area (Å²) in [5.74, 6) is -0.551. The maximum atomic E-state index is 11.5. The van der Waals surface area contributed by atoms with E-state index in [9.17, 15) is 9.59 Å². The van der Waals surface area contributed by atoms with Crippen molar-refractivity contribution in [2.24, 2.45) is 5.73 Å². The molecule has 0 aliphatic carbocycles. The van der Waals surface area contributed by atoms with Gasteiger partial charge in [-0.25, -0.2) is 0 Å². The van der Waals surface area contributed by atoms with Crippen LogP contribution in [0.25, 0.3) is 6.08 Å². The zero-order chi connectivity index (χ0) is 15.8. The number of ether oxygens (including phenoxy) is 2. The number of amides is 1. The fourth-order valence-corrected chi connectivity index (χ4v) is 1.56. The molecular weight excluding hydrogens is 272 g/mol. The Morgan fingerprint density at radius 2 is 2.10 bits per heavy atom. The van der Waals surface area contributed by atoms with Crippen LogP contribution in [0.4, 0.5) is 0 Å². The Morgan fingerprint density at radius 3 is 2.62 bits per heavy atom. The molecule has 0 aliphatic heterocycles. The van der Waals surface area contributed by atoms with Gasteiger partial charge in [0.15, 0.2) is 11.5 Å². The fraction of sp³-hybridized carbons (Fsp3) is 0.267. The van der Waals surface area contributed by atoms with Crippen LogP contribution >= 0.6 is 0 Å². The molecule has 0 saturated heterocycles. The summed E-state index contributed by atoms with van der Waals surface area (Å²) in [5.41, 5.74) is 5.43. The van der Waals surface area contributed by atoms with Gasteiger partial charge in [0.25, 0.3) is 5.91 Å². The van der Waals surface area contributed by atoms with Crippen molar-refractivity contribution in [3.8, 4) is 17.6 Å². The van der Waals surface area contributed by atoms with Gasteiger partial charge in [0, 0.05) is 6.42 Å². The van der Waals surface area contributed by atoms with Gasteiger partial charge in [0.2, 0.25) is 0 Å². The van der Waals surface area contributed by atoms with Crippen molar-refractivity contribution in [2.75, 3.05) is 7.11 Å². The van der Waals surface area contributed by atoms with E-state index >= 15 is 0 Å². The van der Waals surface area contributed by atoms with E-state index in [1.165, 1.54) is 19.3 Å². The maximum absolute atomic E-state index is 11.5. The van der Waals surface area contributed by atoms with E-state index < -0.39 is 5.91 Å². The summed E-state index contributed by atoms with van der Waals surface area (Å²) in [6, 6.07) is 6.39. The number of esters is 1.